The van der Waals surface area contributed by atoms with E-state index in [1.807, 2.05) is 6.07 Å². The lowest BCUT2D eigenvalue weighted by Gasteiger charge is -2.38. The van der Waals surface area contributed by atoms with E-state index in [2.05, 4.69) is 5.32 Å². The first-order valence-electron chi connectivity index (χ1n) is 12.8. The Hall–Kier alpha value is -3.82. The molecule has 5 N–H and O–H groups in total. The van der Waals surface area contributed by atoms with Crippen LogP contribution in [0.1, 0.15) is 46.3 Å². The van der Waals surface area contributed by atoms with E-state index in [-0.39, 0.29) is 42.8 Å². The fourth-order valence-electron chi connectivity index (χ4n) is 6.01. The Bertz CT molecular complexity index is 1420. The molecule has 2 atom stereocenters. The molecule has 2 aliphatic heterocycles. The van der Waals surface area contributed by atoms with Crippen molar-refractivity contribution in [3.05, 3.63) is 52.1 Å². The van der Waals surface area contributed by atoms with Crippen molar-refractivity contribution in [2.75, 3.05) is 39.4 Å². The van der Waals surface area contributed by atoms with Crippen LogP contribution in [-0.4, -0.2) is 54.5 Å². The Kier molecular flexibility index (Phi) is 6.12. The van der Waals surface area contributed by atoms with E-state index in [4.69, 9.17) is 24.1 Å². The monoisotopic (exact) mass is 521 g/mol. The van der Waals surface area contributed by atoms with Gasteiger partial charge in [-0.25, -0.2) is 0 Å². The summed E-state index contributed by atoms with van der Waals surface area (Å²) >= 11 is 0. The van der Waals surface area contributed by atoms with Crippen LogP contribution in [0.15, 0.2) is 24.3 Å². The number of rotatable bonds is 7. The van der Waals surface area contributed by atoms with Gasteiger partial charge in [0, 0.05) is 65.6 Å². The van der Waals surface area contributed by atoms with Crippen molar-refractivity contribution >= 4 is 5.69 Å². The average Bonchev–Trinajstić information content (AvgIpc) is 2.93. The number of nitrogens with one attached hydrogen (secondary N) is 1. The zero-order valence-electron chi connectivity index (χ0n) is 21.3. The first-order chi connectivity index (χ1) is 18.5. The quantitative estimate of drug-likeness (QED) is 0.295. The molecule has 200 valence electrons. The van der Waals surface area contributed by atoms with Gasteiger partial charge in [0.15, 0.2) is 11.5 Å². The molecule has 0 bridgehead atoms. The summed E-state index contributed by atoms with van der Waals surface area (Å²) in [5.41, 5.74) is 7.18. The van der Waals surface area contributed by atoms with Gasteiger partial charge < -0.3 is 44.7 Å². The van der Waals surface area contributed by atoms with Gasteiger partial charge in [-0.2, -0.15) is 0 Å². The third kappa shape index (κ3) is 3.68. The molecule has 2 heterocycles. The highest BCUT2D eigenvalue weighted by Gasteiger charge is 2.39. The van der Waals surface area contributed by atoms with E-state index in [9.17, 15) is 15.3 Å². The van der Waals surface area contributed by atoms with E-state index in [1.54, 1.807) is 25.3 Å². The predicted octanol–water partition coefficient (Wildman–Crippen LogP) is 3.78. The number of anilines is 1. The topological polar surface area (TPSA) is 130 Å². The normalized spacial score (nSPS) is 18.5. The van der Waals surface area contributed by atoms with Gasteiger partial charge in [0.1, 0.15) is 17.2 Å². The zero-order valence-corrected chi connectivity index (χ0v) is 21.3. The summed E-state index contributed by atoms with van der Waals surface area (Å²) < 4.78 is 22.9. The molecular weight excluding hydrogens is 490 g/mol. The maximum Gasteiger partial charge on any atom is 0.200 e. The van der Waals surface area contributed by atoms with Gasteiger partial charge in [-0.05, 0) is 41.7 Å². The van der Waals surface area contributed by atoms with Gasteiger partial charge in [-0.3, -0.25) is 0 Å². The minimum Gasteiger partial charge on any atom is -0.507 e. The molecule has 1 aliphatic carbocycles. The Balaban J connectivity index is 1.45. The van der Waals surface area contributed by atoms with Crippen molar-refractivity contribution in [2.24, 2.45) is 0 Å². The molecule has 0 fully saturated rings. The van der Waals surface area contributed by atoms with Gasteiger partial charge in [0.2, 0.25) is 5.75 Å². The van der Waals surface area contributed by atoms with Gasteiger partial charge >= 0.3 is 0 Å². The van der Waals surface area contributed by atoms with Crippen molar-refractivity contribution in [3.8, 4) is 45.6 Å². The maximum atomic E-state index is 11.8. The number of phenolic OH excluding ortho intramolecular Hbond substituents is 2. The molecule has 38 heavy (non-hydrogen) atoms. The van der Waals surface area contributed by atoms with Crippen LogP contribution in [0.25, 0.3) is 11.1 Å². The second-order valence-electron chi connectivity index (χ2n) is 9.83. The number of aliphatic hydroxyl groups excluding tert-OH is 2. The Morgan fingerprint density at radius 1 is 0.947 bits per heavy atom. The van der Waals surface area contributed by atoms with E-state index < -0.39 is 12.0 Å². The van der Waals surface area contributed by atoms with Gasteiger partial charge in [0.25, 0.3) is 0 Å². The third-order valence-electron chi connectivity index (χ3n) is 7.83. The standard InChI is InChI=1S/C29H31NO8/c1-35-21-11-20(32)17-12-30-19-10-22-27(16-5-4-15(21)25(17)26(16)19)28(33)18(13-38-22)14-8-23(36-2)29(34)24(9-14)37-7-3-6-31/h8-11,18,28,30-34H,3-7,12-13H2,1-2H3. The molecular formula is C29H31NO8. The summed E-state index contributed by atoms with van der Waals surface area (Å²) in [7, 11) is 3.07. The summed E-state index contributed by atoms with van der Waals surface area (Å²) in [6, 6.07) is 7.00. The number of ether oxygens (including phenoxy) is 4. The summed E-state index contributed by atoms with van der Waals surface area (Å²) in [5.74, 6) is 1.37. The lowest BCUT2D eigenvalue weighted by atomic mass is 9.74. The highest BCUT2D eigenvalue weighted by Crippen LogP contribution is 2.55. The fraction of sp³-hybridized carbons (Fsp3) is 0.379. The van der Waals surface area contributed by atoms with Crippen molar-refractivity contribution < 1.29 is 39.4 Å². The first-order valence-corrected chi connectivity index (χ1v) is 12.8. The van der Waals surface area contributed by atoms with E-state index in [0.717, 1.165) is 39.1 Å². The van der Waals surface area contributed by atoms with Crippen LogP contribution in [0.3, 0.4) is 0 Å². The molecule has 0 amide bonds. The van der Waals surface area contributed by atoms with E-state index in [0.29, 0.717) is 42.9 Å². The summed E-state index contributed by atoms with van der Waals surface area (Å²) in [6.07, 6.45) is 0.926. The lowest BCUT2D eigenvalue weighted by molar-refractivity contribution is 0.0878. The molecule has 6 rings (SSSR count). The second kappa shape index (κ2) is 9.49. The summed E-state index contributed by atoms with van der Waals surface area (Å²) in [5, 5.41) is 45.6. The van der Waals surface area contributed by atoms with Crippen LogP contribution in [0, 0.1) is 0 Å². The zero-order chi connectivity index (χ0) is 26.6. The SMILES string of the molecule is COc1cc(C2COc3cc4c5c(c3C2O)CCc2c(OC)cc(O)c(c2-5)CN4)cc(OCCCO)c1O. The van der Waals surface area contributed by atoms with Gasteiger partial charge in [0.05, 0.1) is 33.5 Å². The number of fused-ring (bicyclic) bond motifs is 2. The predicted molar refractivity (Wildman–Crippen MR) is 140 cm³/mol. The molecule has 9 nitrogen and oxygen atoms in total. The molecule has 3 aromatic carbocycles. The molecule has 3 aliphatic rings. The smallest absolute Gasteiger partial charge is 0.200 e. The number of methoxy groups -OCH3 is 2. The van der Waals surface area contributed by atoms with Crippen molar-refractivity contribution in [2.45, 2.75) is 37.8 Å². The molecule has 0 saturated carbocycles. The largest absolute Gasteiger partial charge is 0.507 e. The molecule has 0 saturated heterocycles. The van der Waals surface area contributed by atoms with Crippen LogP contribution in [-0.2, 0) is 19.4 Å². The highest BCUT2D eigenvalue weighted by atomic mass is 16.5. The molecule has 0 radical (unpaired) electrons. The third-order valence-corrected chi connectivity index (χ3v) is 7.83. The molecule has 3 aromatic rings. The molecule has 0 spiro atoms. The minimum absolute atomic E-state index is 0.0278. The van der Waals surface area contributed by atoms with Crippen molar-refractivity contribution in [1.29, 1.82) is 0 Å². The van der Waals surface area contributed by atoms with Crippen LogP contribution in [0.5, 0.6) is 34.5 Å². The fourth-order valence-corrected chi connectivity index (χ4v) is 6.01. The van der Waals surface area contributed by atoms with E-state index in [1.165, 1.54) is 7.11 Å². The van der Waals surface area contributed by atoms with Crippen LogP contribution >= 0.6 is 0 Å². The van der Waals surface area contributed by atoms with Gasteiger partial charge in [-0.1, -0.05) is 0 Å². The van der Waals surface area contributed by atoms with Crippen LogP contribution in [0.2, 0.25) is 0 Å². The molecule has 2 unspecified atom stereocenters. The van der Waals surface area contributed by atoms with Crippen LogP contribution in [0.4, 0.5) is 5.69 Å². The Labute approximate surface area is 220 Å². The maximum absolute atomic E-state index is 11.8. The molecule has 9 heteroatoms. The van der Waals surface area contributed by atoms with E-state index >= 15 is 0 Å². The number of benzene rings is 3. The minimum atomic E-state index is -0.885. The molecule has 0 aromatic heterocycles. The van der Waals surface area contributed by atoms with Crippen molar-refractivity contribution in [3.63, 3.8) is 0 Å². The number of hydrogen-bond donors (Lipinski definition) is 5. The van der Waals surface area contributed by atoms with Crippen LogP contribution < -0.4 is 24.3 Å². The number of aliphatic hydroxyl groups is 2. The number of aromatic hydroxyl groups is 2. The Morgan fingerprint density at radius 2 is 1.71 bits per heavy atom. The van der Waals surface area contributed by atoms with Crippen molar-refractivity contribution in [1.82, 2.24) is 0 Å². The average molecular weight is 522 g/mol. The Morgan fingerprint density at radius 3 is 2.47 bits per heavy atom. The number of hydrogen-bond acceptors (Lipinski definition) is 9. The summed E-state index contributed by atoms with van der Waals surface area (Å²) in [4.78, 5) is 0. The lowest BCUT2D eigenvalue weighted by Crippen LogP contribution is -2.28. The second-order valence-corrected chi connectivity index (χ2v) is 9.83. The first kappa shape index (κ1) is 24.5. The van der Waals surface area contributed by atoms with Gasteiger partial charge in [-0.15, -0.1) is 0 Å². The number of phenols is 2. The highest BCUT2D eigenvalue weighted by molar-refractivity contribution is 5.93. The summed E-state index contributed by atoms with van der Waals surface area (Å²) in [6.45, 7) is 0.915.